The zero-order chi connectivity index (χ0) is 20.0. The summed E-state index contributed by atoms with van der Waals surface area (Å²) in [6.45, 7) is 3.30. The van der Waals surface area contributed by atoms with Gasteiger partial charge in [0.05, 0.1) is 5.02 Å². The average molecular weight is 385 g/mol. The molecule has 7 heteroatoms. The fourth-order valence-corrected chi connectivity index (χ4v) is 2.50. The molecule has 0 fully saturated rings. The van der Waals surface area contributed by atoms with Gasteiger partial charge in [-0.1, -0.05) is 29.8 Å². The van der Waals surface area contributed by atoms with E-state index in [1.54, 1.807) is 12.1 Å². The number of nitriles is 1. The Bertz CT molecular complexity index is 961. The van der Waals surface area contributed by atoms with E-state index in [2.05, 4.69) is 5.32 Å². The summed E-state index contributed by atoms with van der Waals surface area (Å²) < 4.78 is 5.04. The molecule has 0 saturated carbocycles. The van der Waals surface area contributed by atoms with Gasteiger partial charge in [-0.2, -0.15) is 5.26 Å². The van der Waals surface area contributed by atoms with Crippen molar-refractivity contribution < 1.29 is 19.4 Å². The smallest absolute Gasteiger partial charge is 0.341 e. The lowest BCUT2D eigenvalue weighted by molar-refractivity contribution is -0.139. The van der Waals surface area contributed by atoms with E-state index in [1.807, 2.05) is 32.0 Å². The van der Waals surface area contributed by atoms with Crippen LogP contribution in [0.15, 0.2) is 42.0 Å². The topological polar surface area (TPSA) is 99.4 Å². The number of amides is 1. The number of nitrogens with zero attached hydrogens (tertiary/aromatic N) is 1. The summed E-state index contributed by atoms with van der Waals surface area (Å²) in [4.78, 5) is 23.0. The van der Waals surface area contributed by atoms with Crippen LogP contribution in [-0.4, -0.2) is 23.6 Å². The zero-order valence-corrected chi connectivity index (χ0v) is 15.5. The molecule has 27 heavy (non-hydrogen) atoms. The molecular formula is C20H17ClN2O4. The third-order valence-electron chi connectivity index (χ3n) is 3.84. The van der Waals surface area contributed by atoms with Crippen molar-refractivity contribution in [1.82, 2.24) is 0 Å². The molecule has 0 aliphatic heterocycles. The van der Waals surface area contributed by atoms with Crippen LogP contribution in [0.3, 0.4) is 0 Å². The first-order valence-corrected chi connectivity index (χ1v) is 8.33. The highest BCUT2D eigenvalue weighted by Crippen LogP contribution is 2.26. The van der Waals surface area contributed by atoms with E-state index < -0.39 is 18.5 Å². The molecule has 2 aromatic rings. The van der Waals surface area contributed by atoms with Gasteiger partial charge in [0.2, 0.25) is 0 Å². The van der Waals surface area contributed by atoms with E-state index >= 15 is 0 Å². The Morgan fingerprint density at radius 1 is 1.30 bits per heavy atom. The van der Waals surface area contributed by atoms with Crippen molar-refractivity contribution in [3.05, 3.63) is 63.7 Å². The van der Waals surface area contributed by atoms with Crippen LogP contribution >= 0.6 is 11.6 Å². The monoisotopic (exact) mass is 384 g/mol. The minimum Gasteiger partial charge on any atom is -0.480 e. The lowest BCUT2D eigenvalue weighted by Crippen LogP contribution is -2.14. The molecule has 0 aromatic heterocycles. The normalized spacial score (nSPS) is 10.8. The van der Waals surface area contributed by atoms with Crippen LogP contribution in [-0.2, 0) is 9.59 Å². The van der Waals surface area contributed by atoms with E-state index in [9.17, 15) is 14.9 Å². The number of ether oxygens (including phenoxy) is 1. The van der Waals surface area contributed by atoms with Gasteiger partial charge in [-0.3, -0.25) is 4.79 Å². The number of carboxylic acids is 1. The molecule has 0 spiro atoms. The van der Waals surface area contributed by atoms with Crippen LogP contribution in [0.5, 0.6) is 5.75 Å². The van der Waals surface area contributed by atoms with Crippen LogP contribution in [0.25, 0.3) is 6.08 Å². The molecule has 2 N–H and O–H groups in total. The van der Waals surface area contributed by atoms with E-state index in [0.717, 1.165) is 11.1 Å². The van der Waals surface area contributed by atoms with Gasteiger partial charge < -0.3 is 15.2 Å². The average Bonchev–Trinajstić information content (AvgIpc) is 2.62. The molecular weight excluding hydrogens is 368 g/mol. The third kappa shape index (κ3) is 5.33. The predicted octanol–water partition coefficient (Wildman–Crippen LogP) is 3.97. The third-order valence-corrected chi connectivity index (χ3v) is 4.13. The molecule has 0 heterocycles. The van der Waals surface area contributed by atoms with Gasteiger partial charge in [0, 0.05) is 5.69 Å². The van der Waals surface area contributed by atoms with Gasteiger partial charge >= 0.3 is 5.97 Å². The lowest BCUT2D eigenvalue weighted by Gasteiger charge is -2.10. The van der Waals surface area contributed by atoms with Crippen molar-refractivity contribution in [3.8, 4) is 11.8 Å². The zero-order valence-electron chi connectivity index (χ0n) is 14.7. The molecule has 0 bridgehead atoms. The van der Waals surface area contributed by atoms with Gasteiger partial charge in [-0.15, -0.1) is 0 Å². The number of hydrogen-bond acceptors (Lipinski definition) is 4. The number of aliphatic carboxylic acids is 1. The summed E-state index contributed by atoms with van der Waals surface area (Å²) in [5.41, 5.74) is 3.00. The number of carbonyl (C=O) groups excluding carboxylic acids is 1. The molecule has 1 amide bonds. The first kappa shape index (κ1) is 20.0. The Hall–Kier alpha value is -3.30. The molecule has 2 aromatic carbocycles. The number of hydrogen-bond donors (Lipinski definition) is 2. The Morgan fingerprint density at radius 3 is 2.67 bits per heavy atom. The number of nitrogens with one attached hydrogen (secondary N) is 1. The van der Waals surface area contributed by atoms with Crippen molar-refractivity contribution >= 4 is 35.2 Å². The van der Waals surface area contributed by atoms with E-state index in [4.69, 9.17) is 21.4 Å². The number of benzene rings is 2. The molecule has 0 unspecified atom stereocenters. The van der Waals surface area contributed by atoms with Crippen LogP contribution in [0.1, 0.15) is 16.7 Å². The van der Waals surface area contributed by atoms with Crippen LogP contribution in [0.2, 0.25) is 5.02 Å². The van der Waals surface area contributed by atoms with Crippen molar-refractivity contribution in [1.29, 1.82) is 5.26 Å². The molecule has 138 valence electrons. The van der Waals surface area contributed by atoms with Gasteiger partial charge in [-0.05, 0) is 54.8 Å². The second-order valence-corrected chi connectivity index (χ2v) is 6.15. The highest BCUT2D eigenvalue weighted by molar-refractivity contribution is 6.32. The Morgan fingerprint density at radius 2 is 2.04 bits per heavy atom. The fraction of sp³-hybridized carbons (Fsp3) is 0.150. The van der Waals surface area contributed by atoms with Crippen molar-refractivity contribution in [2.45, 2.75) is 13.8 Å². The minimum absolute atomic E-state index is 0.0915. The van der Waals surface area contributed by atoms with Crippen LogP contribution < -0.4 is 10.1 Å². The Balaban J connectivity index is 2.21. The summed E-state index contributed by atoms with van der Waals surface area (Å²) in [5.74, 6) is -1.45. The number of rotatable bonds is 6. The highest BCUT2D eigenvalue weighted by Gasteiger charge is 2.12. The maximum absolute atomic E-state index is 12.4. The first-order chi connectivity index (χ1) is 12.8. The number of halogens is 1. The summed E-state index contributed by atoms with van der Waals surface area (Å²) >= 11 is 6.06. The molecule has 0 radical (unpaired) electrons. The van der Waals surface area contributed by atoms with Gasteiger partial charge in [0.25, 0.3) is 5.91 Å². The summed E-state index contributed by atoms with van der Waals surface area (Å²) in [6.07, 6.45) is 1.40. The van der Waals surface area contributed by atoms with E-state index in [-0.39, 0.29) is 16.3 Å². The maximum atomic E-state index is 12.4. The Labute approximate surface area is 161 Å². The lowest BCUT2D eigenvalue weighted by atomic mass is 10.1. The van der Waals surface area contributed by atoms with E-state index in [0.29, 0.717) is 11.3 Å². The molecule has 6 nitrogen and oxygen atoms in total. The fourth-order valence-electron chi connectivity index (χ4n) is 2.25. The number of carboxylic acid groups (broad SMARTS) is 1. The van der Waals surface area contributed by atoms with Crippen LogP contribution in [0.4, 0.5) is 5.69 Å². The van der Waals surface area contributed by atoms with Crippen molar-refractivity contribution in [2.75, 3.05) is 11.9 Å². The van der Waals surface area contributed by atoms with Gasteiger partial charge in [0.15, 0.2) is 6.61 Å². The molecule has 0 aliphatic rings. The number of carbonyl (C=O) groups is 2. The summed E-state index contributed by atoms with van der Waals surface area (Å²) in [6, 6.07) is 11.9. The van der Waals surface area contributed by atoms with Gasteiger partial charge in [0.1, 0.15) is 17.4 Å². The SMILES string of the molecule is Cc1cccc(NC(=O)/C(C#N)=C/c2ccc(OCC(=O)O)c(Cl)c2)c1C. The standard InChI is InChI=1S/C20H17ClN2O4/c1-12-4-3-5-17(13(12)2)23-20(26)15(10-22)8-14-6-7-18(16(21)9-14)27-11-19(24)25/h3-9H,11H2,1-2H3,(H,23,26)(H,24,25)/b15-8+. The largest absolute Gasteiger partial charge is 0.480 e. The van der Waals surface area contributed by atoms with Crippen molar-refractivity contribution in [2.24, 2.45) is 0 Å². The quantitative estimate of drug-likeness (QED) is 0.580. The van der Waals surface area contributed by atoms with Crippen molar-refractivity contribution in [3.63, 3.8) is 0 Å². The molecule has 0 saturated heterocycles. The first-order valence-electron chi connectivity index (χ1n) is 7.95. The maximum Gasteiger partial charge on any atom is 0.341 e. The predicted molar refractivity (Wildman–Crippen MR) is 103 cm³/mol. The second kappa shape index (κ2) is 8.88. The molecule has 0 aliphatic carbocycles. The molecule has 0 atom stereocenters. The number of anilines is 1. The highest BCUT2D eigenvalue weighted by atomic mass is 35.5. The summed E-state index contributed by atoms with van der Waals surface area (Å²) in [7, 11) is 0. The van der Waals surface area contributed by atoms with Crippen LogP contribution in [0, 0.1) is 25.2 Å². The summed E-state index contributed by atoms with van der Waals surface area (Å²) in [5, 5.41) is 20.9. The van der Waals surface area contributed by atoms with E-state index in [1.165, 1.54) is 18.2 Å². The molecule has 2 rings (SSSR count). The number of aryl methyl sites for hydroxylation is 1. The van der Waals surface area contributed by atoms with Gasteiger partial charge in [-0.25, -0.2) is 4.79 Å². The minimum atomic E-state index is -1.12. The Kier molecular flexibility index (Phi) is 6.58. The second-order valence-electron chi connectivity index (χ2n) is 5.74.